The first-order valence-corrected chi connectivity index (χ1v) is 55.4. The van der Waals surface area contributed by atoms with Crippen molar-refractivity contribution < 1.29 is 4.42 Å². The minimum absolute atomic E-state index is 0.160. The maximum atomic E-state index is 5.65. The number of furan rings is 1. The van der Waals surface area contributed by atoms with E-state index in [4.69, 9.17) is 4.42 Å². The Labute approximate surface area is 827 Å². The summed E-state index contributed by atoms with van der Waals surface area (Å²) in [6.07, 6.45) is 3.96. The van der Waals surface area contributed by atoms with E-state index in [1.807, 2.05) is 287 Å². The van der Waals surface area contributed by atoms with Crippen molar-refractivity contribution in [3.63, 3.8) is 0 Å². The van der Waals surface area contributed by atoms with Crippen LogP contribution >= 0.6 is 11.3 Å². The van der Waals surface area contributed by atoms with Gasteiger partial charge in [0.1, 0.15) is 19.2 Å². The summed E-state index contributed by atoms with van der Waals surface area (Å²) in [4.78, 5) is 0. The first kappa shape index (κ1) is 129. The van der Waals surface area contributed by atoms with Crippen molar-refractivity contribution in [2.24, 2.45) is 0 Å². The van der Waals surface area contributed by atoms with Crippen molar-refractivity contribution >= 4 is 104 Å². The Morgan fingerprint density at radius 1 is 0.216 bits per heavy atom. The van der Waals surface area contributed by atoms with Crippen molar-refractivity contribution in [1.29, 1.82) is 0 Å². The van der Waals surface area contributed by atoms with Gasteiger partial charge in [-0.3, -0.25) is 0 Å². The van der Waals surface area contributed by atoms with Gasteiger partial charge in [-0.05, 0) is 138 Å². The largest absolute Gasteiger partial charge is 0.456 e. The summed E-state index contributed by atoms with van der Waals surface area (Å²) in [6.45, 7) is 75.6. The smallest absolute Gasteiger partial charge is 0.135 e. The van der Waals surface area contributed by atoms with Crippen LogP contribution in [0.25, 0.3) is 96.7 Å². The Balaban J connectivity index is -0.000000686. The number of para-hydroxylation sites is 2. The van der Waals surface area contributed by atoms with Crippen LogP contribution in [0.1, 0.15) is 270 Å². The van der Waals surface area contributed by atoms with E-state index in [-0.39, 0.29) is 5.41 Å². The van der Waals surface area contributed by atoms with Crippen LogP contribution in [0.15, 0.2) is 399 Å². The van der Waals surface area contributed by atoms with Gasteiger partial charge in [0.15, 0.2) is 0 Å². The van der Waals surface area contributed by atoms with E-state index in [0.717, 1.165) is 11.2 Å². The van der Waals surface area contributed by atoms with E-state index in [2.05, 4.69) is 374 Å². The summed E-state index contributed by atoms with van der Waals surface area (Å²) in [5.74, 6) is 0. The van der Waals surface area contributed by atoms with Gasteiger partial charge in [-0.15, -0.1) is 11.3 Å². The third-order valence-corrected chi connectivity index (χ3v) is 24.2. The standard InChI is InChI=1S/C15H14.C14H14Si.C12H8O.C12H8S.3C10H8.C9H10.C7H8.16C2H6/c2*1-15(2)13-9-5-3-7-11(13)12-8-4-6-10-14(12)15;2*1-3-7-11-9(5-1)10-6-2-4-8-12(10)13-11;3*1-2-6-10-8-4-3-7-9(10)5-1;1-2-5-9-7-3-6-8(9)4-1;1-7-5-3-2-4-6-7;16*1-2/h2*3-10H,1-2H3;2*1-8H;3*1-8H;1-2,4-5H,3,6-7H2;2-6H,1H3;16*1-2H3. The molecular formula is C131H182OSSi. The topological polar surface area (TPSA) is 13.1 Å². The van der Waals surface area contributed by atoms with Crippen LogP contribution in [0, 0.1) is 6.92 Å². The van der Waals surface area contributed by atoms with Gasteiger partial charge in [0, 0.05) is 36.4 Å². The van der Waals surface area contributed by atoms with Crippen LogP contribution in [0.3, 0.4) is 0 Å². The maximum absolute atomic E-state index is 5.65. The highest BCUT2D eigenvalue weighted by molar-refractivity contribution is 7.25. The summed E-state index contributed by atoms with van der Waals surface area (Å²) >= 11 is 1.86. The van der Waals surface area contributed by atoms with E-state index in [1.54, 1.807) is 21.5 Å². The summed E-state index contributed by atoms with van der Waals surface area (Å²) in [6, 6.07) is 138. The minimum Gasteiger partial charge on any atom is -0.456 e. The Hall–Kier alpha value is -11.5. The SMILES string of the molecule is CC.CC.CC.CC.CC.CC.CC.CC.CC.CC.CC.CC.CC.CC.CC.CC.CC1(C)c2ccccc2-c2ccccc21.C[Si]1(C)c2ccccc2-c2ccccc21.Cc1ccccc1.c1ccc2c(c1)CCC2.c1ccc2c(c1)oc1ccccc12.c1ccc2c(c1)sc1ccccc12.c1ccc2ccccc2c1.c1ccc2ccccc2c1.c1ccc2ccccc2c1. The van der Waals surface area contributed by atoms with Crippen molar-refractivity contribution in [2.75, 3.05) is 0 Å². The van der Waals surface area contributed by atoms with Gasteiger partial charge >= 0.3 is 0 Å². The minimum atomic E-state index is -1.38. The van der Waals surface area contributed by atoms with Gasteiger partial charge in [0.25, 0.3) is 0 Å². The molecule has 0 saturated carbocycles. The molecule has 1 aliphatic heterocycles. The van der Waals surface area contributed by atoms with E-state index in [9.17, 15) is 0 Å². The molecule has 0 atom stereocenters. The molecule has 18 aromatic rings. The predicted octanol–water partition coefficient (Wildman–Crippen LogP) is 43.2. The highest BCUT2D eigenvalue weighted by atomic mass is 32.1. The predicted molar refractivity (Wildman–Crippen MR) is 629 cm³/mol. The fraction of sp³-hybridized carbons (Fsp3) is 0.313. The lowest BCUT2D eigenvalue weighted by Crippen LogP contribution is -2.49. The first-order valence-electron chi connectivity index (χ1n) is 51.6. The van der Waals surface area contributed by atoms with Crippen molar-refractivity contribution in [3.8, 4) is 22.3 Å². The van der Waals surface area contributed by atoms with Crippen LogP contribution in [-0.4, -0.2) is 8.07 Å². The van der Waals surface area contributed by atoms with Crippen LogP contribution in [0.5, 0.6) is 0 Å². The van der Waals surface area contributed by atoms with E-state index >= 15 is 0 Å². The molecule has 0 fully saturated rings. The number of aryl methyl sites for hydroxylation is 3. The van der Waals surface area contributed by atoms with E-state index in [1.165, 1.54) is 121 Å². The fourth-order valence-corrected chi connectivity index (χ4v) is 18.3. The number of fused-ring (bicyclic) bond motifs is 16. The molecule has 722 valence electrons. The lowest BCUT2D eigenvalue weighted by Gasteiger charge is -2.20. The Kier molecular flexibility index (Phi) is 80.1. The molecule has 0 radical (unpaired) electrons. The van der Waals surface area contributed by atoms with Crippen LogP contribution in [-0.2, 0) is 18.3 Å². The summed E-state index contributed by atoms with van der Waals surface area (Å²) in [7, 11) is -1.38. The second-order valence-electron chi connectivity index (χ2n) is 26.9. The third-order valence-electron chi connectivity index (χ3n) is 19.5. The van der Waals surface area contributed by atoms with E-state index in [0.29, 0.717) is 0 Å². The summed E-state index contributed by atoms with van der Waals surface area (Å²) in [5.41, 5.74) is 15.2. The Morgan fingerprint density at radius 2 is 0.425 bits per heavy atom. The van der Waals surface area contributed by atoms with Gasteiger partial charge in [-0.1, -0.05) is 624 Å². The zero-order valence-electron chi connectivity index (χ0n) is 91.0. The number of hydrogen-bond acceptors (Lipinski definition) is 2. The van der Waals surface area contributed by atoms with Crippen molar-refractivity contribution in [2.45, 2.75) is 280 Å². The molecule has 0 unspecified atom stereocenters. The van der Waals surface area contributed by atoms with Gasteiger partial charge in [0.2, 0.25) is 0 Å². The molecule has 2 aliphatic carbocycles. The van der Waals surface area contributed by atoms with E-state index < -0.39 is 8.07 Å². The average Bonchev–Trinajstić information content (AvgIpc) is 1.59. The molecular weight excluding hydrogens is 1650 g/mol. The molecule has 3 heterocycles. The molecule has 16 aromatic carbocycles. The van der Waals surface area contributed by atoms with Crippen LogP contribution in [0.4, 0.5) is 0 Å². The lowest BCUT2D eigenvalue weighted by molar-refractivity contribution is 0.660. The average molecular weight is 1830 g/mol. The lowest BCUT2D eigenvalue weighted by atomic mass is 9.82. The maximum Gasteiger partial charge on any atom is 0.135 e. The van der Waals surface area contributed by atoms with Crippen LogP contribution in [0.2, 0.25) is 13.1 Å². The van der Waals surface area contributed by atoms with Gasteiger partial charge in [0.05, 0.1) is 0 Å². The molecule has 134 heavy (non-hydrogen) atoms. The fourth-order valence-electron chi connectivity index (χ4n) is 14.1. The molecule has 0 spiro atoms. The summed E-state index contributed by atoms with van der Waals surface area (Å²) < 4.78 is 8.41. The molecule has 0 amide bonds. The number of hydrogen-bond donors (Lipinski definition) is 0. The zero-order chi connectivity index (χ0) is 102. The molecule has 1 nitrogen and oxygen atoms in total. The third kappa shape index (κ3) is 41.6. The Bertz CT molecular complexity index is 4950. The quantitative estimate of drug-likeness (QED) is 0.138. The summed E-state index contributed by atoms with van der Waals surface area (Å²) in [5, 5.41) is 16.2. The van der Waals surface area contributed by atoms with Gasteiger partial charge in [-0.25, -0.2) is 0 Å². The first-order chi connectivity index (χ1) is 66.1. The molecule has 2 aromatic heterocycles. The van der Waals surface area contributed by atoms with Gasteiger partial charge in [-0.2, -0.15) is 0 Å². The zero-order valence-corrected chi connectivity index (χ0v) is 92.8. The molecule has 3 aliphatic rings. The highest BCUT2D eigenvalue weighted by Gasteiger charge is 2.37. The molecule has 0 bridgehead atoms. The molecule has 0 saturated heterocycles. The number of benzene rings is 16. The highest BCUT2D eigenvalue weighted by Crippen LogP contribution is 2.48. The number of thiophene rings is 1. The monoisotopic (exact) mass is 1830 g/mol. The van der Waals surface area contributed by atoms with Gasteiger partial charge < -0.3 is 4.42 Å². The molecule has 21 rings (SSSR count). The second kappa shape index (κ2) is 83.4. The van der Waals surface area contributed by atoms with Crippen molar-refractivity contribution in [3.05, 3.63) is 422 Å². The van der Waals surface area contributed by atoms with Crippen LogP contribution < -0.4 is 10.4 Å². The second-order valence-corrected chi connectivity index (χ2v) is 32.4. The molecule has 3 heteroatoms. The normalized spacial score (nSPS) is 10.2. The Morgan fingerprint density at radius 3 is 0.694 bits per heavy atom. The molecule has 0 N–H and O–H groups in total. The van der Waals surface area contributed by atoms with Crippen molar-refractivity contribution in [1.82, 2.24) is 0 Å². The number of rotatable bonds is 0.